The highest BCUT2D eigenvalue weighted by Crippen LogP contribution is 1.90. The van der Waals surface area contributed by atoms with Crippen LogP contribution in [0.2, 0.25) is 0 Å². The zero-order valence-corrected chi connectivity index (χ0v) is 7.87. The van der Waals surface area contributed by atoms with Gasteiger partial charge in [-0.2, -0.15) is 0 Å². The van der Waals surface area contributed by atoms with Crippen LogP contribution in [-0.4, -0.2) is 26.0 Å². The summed E-state index contributed by atoms with van der Waals surface area (Å²) in [5, 5.41) is 0. The highest BCUT2D eigenvalue weighted by molar-refractivity contribution is 5.64. The SMILES string of the molecule is NCCCCCNOC/C=C\C=O. The molecule has 0 aliphatic rings. The number of hydrogen-bond donors (Lipinski definition) is 2. The van der Waals surface area contributed by atoms with Crippen LogP contribution in [0.1, 0.15) is 19.3 Å². The van der Waals surface area contributed by atoms with E-state index in [4.69, 9.17) is 10.6 Å². The average molecular weight is 186 g/mol. The molecule has 0 bridgehead atoms. The van der Waals surface area contributed by atoms with Crippen molar-refractivity contribution in [2.45, 2.75) is 19.3 Å². The number of nitrogens with one attached hydrogen (secondary N) is 1. The standard InChI is InChI=1S/C9H18N2O2/c10-6-2-1-3-7-11-13-9-5-4-8-12/h4-5,8,11H,1-3,6-7,9-10H2/b5-4-. The second-order valence-electron chi connectivity index (χ2n) is 2.62. The summed E-state index contributed by atoms with van der Waals surface area (Å²) in [6.45, 7) is 2.01. The first-order chi connectivity index (χ1) is 6.41. The van der Waals surface area contributed by atoms with Crippen molar-refractivity contribution in [3.8, 4) is 0 Å². The molecule has 0 aromatic carbocycles. The zero-order valence-electron chi connectivity index (χ0n) is 7.87. The molecular formula is C9H18N2O2. The Morgan fingerprint density at radius 3 is 2.85 bits per heavy atom. The Hall–Kier alpha value is -0.710. The lowest BCUT2D eigenvalue weighted by Gasteiger charge is -2.02. The van der Waals surface area contributed by atoms with Gasteiger partial charge in [0.05, 0.1) is 6.61 Å². The third-order valence-electron chi connectivity index (χ3n) is 1.48. The van der Waals surface area contributed by atoms with Crippen molar-refractivity contribution < 1.29 is 9.63 Å². The number of nitrogens with two attached hydrogens (primary N) is 1. The molecule has 4 heteroatoms. The predicted molar refractivity (Wildman–Crippen MR) is 52.1 cm³/mol. The maximum Gasteiger partial charge on any atom is 0.142 e. The van der Waals surface area contributed by atoms with Crippen LogP contribution >= 0.6 is 0 Å². The molecule has 0 aromatic rings. The van der Waals surface area contributed by atoms with Gasteiger partial charge in [0.25, 0.3) is 0 Å². The van der Waals surface area contributed by atoms with Crippen LogP contribution in [0.25, 0.3) is 0 Å². The molecule has 0 atom stereocenters. The average Bonchev–Trinajstić information content (AvgIpc) is 2.16. The summed E-state index contributed by atoms with van der Waals surface area (Å²) >= 11 is 0. The summed E-state index contributed by atoms with van der Waals surface area (Å²) in [6, 6.07) is 0. The van der Waals surface area contributed by atoms with Gasteiger partial charge in [0.1, 0.15) is 6.29 Å². The van der Waals surface area contributed by atoms with Gasteiger partial charge in [-0.15, -0.1) is 0 Å². The molecular weight excluding hydrogens is 168 g/mol. The Bertz CT molecular complexity index is 138. The number of carbonyl (C=O) groups excluding carboxylic acids is 1. The predicted octanol–water partition coefficient (Wildman–Crippen LogP) is 0.392. The van der Waals surface area contributed by atoms with Crippen LogP contribution in [0.3, 0.4) is 0 Å². The van der Waals surface area contributed by atoms with Gasteiger partial charge in [0, 0.05) is 6.54 Å². The van der Waals surface area contributed by atoms with Crippen molar-refractivity contribution in [2.75, 3.05) is 19.7 Å². The van der Waals surface area contributed by atoms with E-state index in [1.807, 2.05) is 0 Å². The lowest BCUT2D eigenvalue weighted by atomic mass is 10.2. The highest BCUT2D eigenvalue weighted by Gasteiger charge is 1.86. The molecule has 0 aromatic heterocycles. The monoisotopic (exact) mass is 186 g/mol. The Morgan fingerprint density at radius 1 is 1.31 bits per heavy atom. The molecule has 0 radical (unpaired) electrons. The van der Waals surface area contributed by atoms with E-state index >= 15 is 0 Å². The van der Waals surface area contributed by atoms with Crippen molar-refractivity contribution in [3.05, 3.63) is 12.2 Å². The van der Waals surface area contributed by atoms with Crippen molar-refractivity contribution >= 4 is 6.29 Å². The number of aldehydes is 1. The van der Waals surface area contributed by atoms with Crippen molar-refractivity contribution in [1.29, 1.82) is 0 Å². The molecule has 0 rings (SSSR count). The van der Waals surface area contributed by atoms with Gasteiger partial charge in [-0.05, 0) is 25.5 Å². The number of allylic oxidation sites excluding steroid dienone is 1. The Labute approximate surface area is 79.1 Å². The summed E-state index contributed by atoms with van der Waals surface area (Å²) in [7, 11) is 0. The van der Waals surface area contributed by atoms with Crippen LogP contribution in [-0.2, 0) is 9.63 Å². The summed E-state index contributed by atoms with van der Waals surface area (Å²) in [5.41, 5.74) is 8.13. The minimum Gasteiger partial charge on any atom is -0.330 e. The maximum atomic E-state index is 9.84. The Kier molecular flexibility index (Phi) is 10.7. The minimum absolute atomic E-state index is 0.426. The molecule has 76 valence electrons. The van der Waals surface area contributed by atoms with Gasteiger partial charge in [-0.3, -0.25) is 9.63 Å². The lowest BCUT2D eigenvalue weighted by molar-refractivity contribution is -0.104. The second-order valence-corrected chi connectivity index (χ2v) is 2.62. The van der Waals surface area contributed by atoms with E-state index in [-0.39, 0.29) is 0 Å². The molecule has 13 heavy (non-hydrogen) atoms. The molecule has 3 N–H and O–H groups in total. The fraction of sp³-hybridized carbons (Fsp3) is 0.667. The first kappa shape index (κ1) is 12.3. The zero-order chi connectivity index (χ0) is 9.78. The molecule has 0 fully saturated rings. The van der Waals surface area contributed by atoms with E-state index in [1.54, 1.807) is 6.08 Å². The highest BCUT2D eigenvalue weighted by atomic mass is 16.6. The van der Waals surface area contributed by atoms with Crippen molar-refractivity contribution in [1.82, 2.24) is 5.48 Å². The number of unbranched alkanes of at least 4 members (excludes halogenated alkanes) is 2. The minimum atomic E-state index is 0.426. The van der Waals surface area contributed by atoms with E-state index < -0.39 is 0 Å². The van der Waals surface area contributed by atoms with Crippen LogP contribution in [0, 0.1) is 0 Å². The first-order valence-electron chi connectivity index (χ1n) is 4.57. The molecule has 0 heterocycles. The molecule has 0 saturated heterocycles. The normalized spacial score (nSPS) is 10.8. The topological polar surface area (TPSA) is 64.3 Å². The quantitative estimate of drug-likeness (QED) is 0.237. The third-order valence-corrected chi connectivity index (χ3v) is 1.48. The summed E-state index contributed by atoms with van der Waals surface area (Å²) in [4.78, 5) is 14.8. The fourth-order valence-electron chi connectivity index (χ4n) is 0.809. The number of hydrogen-bond acceptors (Lipinski definition) is 4. The smallest absolute Gasteiger partial charge is 0.142 e. The summed E-state index contributed by atoms with van der Waals surface area (Å²) in [6.07, 6.45) is 7.04. The number of hydroxylamine groups is 1. The van der Waals surface area contributed by atoms with Crippen molar-refractivity contribution in [2.24, 2.45) is 5.73 Å². The van der Waals surface area contributed by atoms with Gasteiger partial charge in [0.15, 0.2) is 0 Å². The molecule has 4 nitrogen and oxygen atoms in total. The summed E-state index contributed by atoms with van der Waals surface area (Å²) in [5.74, 6) is 0. The molecule has 0 aliphatic heterocycles. The first-order valence-corrected chi connectivity index (χ1v) is 4.57. The lowest BCUT2D eigenvalue weighted by Crippen LogP contribution is -2.16. The molecule has 0 spiro atoms. The van der Waals surface area contributed by atoms with Crippen LogP contribution in [0.4, 0.5) is 0 Å². The third kappa shape index (κ3) is 11.3. The number of rotatable bonds is 9. The van der Waals surface area contributed by atoms with E-state index in [0.29, 0.717) is 6.61 Å². The van der Waals surface area contributed by atoms with Crippen LogP contribution in [0.15, 0.2) is 12.2 Å². The Morgan fingerprint density at radius 2 is 2.15 bits per heavy atom. The molecule has 0 aliphatic carbocycles. The summed E-state index contributed by atoms with van der Waals surface area (Å²) < 4.78 is 0. The van der Waals surface area contributed by atoms with Gasteiger partial charge in [0.2, 0.25) is 0 Å². The van der Waals surface area contributed by atoms with E-state index in [2.05, 4.69) is 5.48 Å². The van der Waals surface area contributed by atoms with E-state index in [0.717, 1.165) is 38.6 Å². The molecule has 0 amide bonds. The van der Waals surface area contributed by atoms with Crippen molar-refractivity contribution in [3.63, 3.8) is 0 Å². The Balaban J connectivity index is 2.91. The second kappa shape index (κ2) is 11.3. The number of carbonyl (C=O) groups is 1. The van der Waals surface area contributed by atoms with Crippen LogP contribution in [0.5, 0.6) is 0 Å². The molecule has 0 saturated carbocycles. The van der Waals surface area contributed by atoms with Gasteiger partial charge in [-0.1, -0.05) is 12.5 Å². The van der Waals surface area contributed by atoms with E-state index in [9.17, 15) is 4.79 Å². The van der Waals surface area contributed by atoms with Crippen LogP contribution < -0.4 is 11.2 Å². The molecule has 0 unspecified atom stereocenters. The van der Waals surface area contributed by atoms with Gasteiger partial charge in [-0.25, -0.2) is 5.48 Å². The largest absolute Gasteiger partial charge is 0.330 e. The maximum absolute atomic E-state index is 9.84. The van der Waals surface area contributed by atoms with Gasteiger partial charge < -0.3 is 5.73 Å². The van der Waals surface area contributed by atoms with Gasteiger partial charge >= 0.3 is 0 Å². The van der Waals surface area contributed by atoms with E-state index in [1.165, 1.54) is 6.08 Å². The fourth-order valence-corrected chi connectivity index (χ4v) is 0.809.